The summed E-state index contributed by atoms with van der Waals surface area (Å²) in [5, 5.41) is 4.96. The number of aryl methyl sites for hydroxylation is 1. The smallest absolute Gasteiger partial charge is 0.268 e. The second-order valence-electron chi connectivity index (χ2n) is 5.41. The Balaban J connectivity index is 1.61. The monoisotopic (exact) mass is 400 g/mol. The number of thioether (sulfide) groups is 1. The van der Waals surface area contributed by atoms with Crippen molar-refractivity contribution in [3.05, 3.63) is 63.3 Å². The number of nitrogens with zero attached hydrogens (tertiary/aromatic N) is 2. The number of amides is 1. The maximum absolute atomic E-state index is 12.8. The van der Waals surface area contributed by atoms with Crippen LogP contribution in [0.2, 0.25) is 0 Å². The Morgan fingerprint density at radius 1 is 1.16 bits per heavy atom. The minimum Gasteiger partial charge on any atom is -0.268 e. The zero-order valence-electron chi connectivity index (χ0n) is 13.1. The van der Waals surface area contributed by atoms with E-state index >= 15 is 0 Å². The van der Waals surface area contributed by atoms with Gasteiger partial charge < -0.3 is 0 Å². The molecule has 0 atom stereocenters. The number of benzene rings is 1. The molecular formula is C18H12N2OS4. The summed E-state index contributed by atoms with van der Waals surface area (Å²) in [6.45, 7) is 2.02. The highest BCUT2D eigenvalue weighted by atomic mass is 32.2. The van der Waals surface area contributed by atoms with Gasteiger partial charge in [-0.2, -0.15) is 0 Å². The number of hydrogen-bond donors (Lipinski definition) is 0. The number of carbonyl (C=O) groups excluding carboxylic acids is 1. The third-order valence-corrected chi connectivity index (χ3v) is 6.82. The summed E-state index contributed by atoms with van der Waals surface area (Å²) < 4.78 is 0.550. The molecule has 1 aliphatic heterocycles. The van der Waals surface area contributed by atoms with Crippen LogP contribution in [0.3, 0.4) is 0 Å². The van der Waals surface area contributed by atoms with Gasteiger partial charge in [-0.05, 0) is 36.6 Å². The Morgan fingerprint density at radius 3 is 2.68 bits per heavy atom. The molecule has 124 valence electrons. The third kappa shape index (κ3) is 3.32. The summed E-state index contributed by atoms with van der Waals surface area (Å²) in [6.07, 6.45) is 1.82. The standard InChI is InChI=1S/C18H12N2OS4/c1-11-4-6-13(7-5-11)20-17(21)15(25-18(20)22)9-12-10-24-16(19-12)14-3-2-8-23-14/h2-10H,1H3/b15-9-. The molecule has 3 aromatic rings. The molecule has 0 N–H and O–H groups in total. The quantitative estimate of drug-likeness (QED) is 0.424. The maximum atomic E-state index is 12.8. The average molecular weight is 401 g/mol. The second-order valence-corrected chi connectivity index (χ2v) is 8.89. The van der Waals surface area contributed by atoms with E-state index in [0.29, 0.717) is 9.23 Å². The molecule has 1 aromatic carbocycles. The minimum absolute atomic E-state index is 0.0930. The second kappa shape index (κ2) is 6.84. The van der Waals surface area contributed by atoms with Crippen LogP contribution in [0.15, 0.2) is 52.1 Å². The van der Waals surface area contributed by atoms with E-state index in [1.165, 1.54) is 11.8 Å². The Bertz CT molecular complexity index is 971. The molecule has 1 aliphatic rings. The van der Waals surface area contributed by atoms with Crippen molar-refractivity contribution in [2.75, 3.05) is 4.90 Å². The number of aromatic nitrogens is 1. The highest BCUT2D eigenvalue weighted by molar-refractivity contribution is 8.27. The number of anilines is 1. The number of hydrogen-bond acceptors (Lipinski definition) is 6. The first-order chi connectivity index (χ1) is 12.1. The first kappa shape index (κ1) is 16.7. The van der Waals surface area contributed by atoms with Crippen molar-refractivity contribution in [1.82, 2.24) is 4.98 Å². The van der Waals surface area contributed by atoms with Gasteiger partial charge in [0.1, 0.15) is 5.01 Å². The van der Waals surface area contributed by atoms with Crippen LogP contribution in [-0.2, 0) is 4.79 Å². The van der Waals surface area contributed by atoms with Crippen LogP contribution in [-0.4, -0.2) is 15.2 Å². The van der Waals surface area contributed by atoms with Crippen molar-refractivity contribution in [2.24, 2.45) is 0 Å². The van der Waals surface area contributed by atoms with Crippen LogP contribution >= 0.6 is 46.7 Å². The fraction of sp³-hybridized carbons (Fsp3) is 0.0556. The van der Waals surface area contributed by atoms with E-state index in [-0.39, 0.29) is 5.91 Å². The highest BCUT2D eigenvalue weighted by Crippen LogP contribution is 2.36. The number of rotatable bonds is 3. The van der Waals surface area contributed by atoms with Crippen LogP contribution in [0.5, 0.6) is 0 Å². The van der Waals surface area contributed by atoms with Crippen LogP contribution < -0.4 is 4.90 Å². The van der Waals surface area contributed by atoms with Gasteiger partial charge in [-0.3, -0.25) is 9.69 Å². The zero-order chi connectivity index (χ0) is 17.4. The lowest BCUT2D eigenvalue weighted by Gasteiger charge is -2.14. The molecule has 0 aliphatic carbocycles. The van der Waals surface area contributed by atoms with Crippen LogP contribution in [0.25, 0.3) is 16.0 Å². The minimum atomic E-state index is -0.0930. The summed E-state index contributed by atoms with van der Waals surface area (Å²) in [7, 11) is 0. The molecule has 7 heteroatoms. The van der Waals surface area contributed by atoms with Crippen LogP contribution in [0.1, 0.15) is 11.3 Å². The fourth-order valence-corrected chi connectivity index (χ4v) is 5.26. The molecular weight excluding hydrogens is 388 g/mol. The van der Waals surface area contributed by atoms with Crippen molar-refractivity contribution < 1.29 is 4.79 Å². The molecule has 3 heterocycles. The van der Waals surface area contributed by atoms with Gasteiger partial charge in [-0.15, -0.1) is 22.7 Å². The van der Waals surface area contributed by atoms with Crippen molar-refractivity contribution in [1.29, 1.82) is 0 Å². The molecule has 0 bridgehead atoms. The van der Waals surface area contributed by atoms with Crippen molar-refractivity contribution in [3.8, 4) is 9.88 Å². The zero-order valence-corrected chi connectivity index (χ0v) is 16.4. The van der Waals surface area contributed by atoms with E-state index in [4.69, 9.17) is 12.2 Å². The first-order valence-electron chi connectivity index (χ1n) is 7.46. The van der Waals surface area contributed by atoms with E-state index in [1.54, 1.807) is 27.6 Å². The van der Waals surface area contributed by atoms with E-state index in [0.717, 1.165) is 26.8 Å². The van der Waals surface area contributed by atoms with E-state index in [2.05, 4.69) is 4.98 Å². The molecule has 0 radical (unpaired) electrons. The summed E-state index contributed by atoms with van der Waals surface area (Å²) in [6, 6.07) is 11.8. The van der Waals surface area contributed by atoms with Gasteiger partial charge in [-0.1, -0.05) is 47.7 Å². The number of thiophene rings is 1. The maximum Gasteiger partial charge on any atom is 0.270 e. The van der Waals surface area contributed by atoms with Gasteiger partial charge in [-0.25, -0.2) is 4.98 Å². The first-order valence-corrected chi connectivity index (χ1v) is 10.4. The average Bonchev–Trinajstić information content (AvgIpc) is 3.31. The summed E-state index contributed by atoms with van der Waals surface area (Å²) >= 11 is 9.96. The van der Waals surface area contributed by atoms with E-state index < -0.39 is 0 Å². The topological polar surface area (TPSA) is 33.2 Å². The van der Waals surface area contributed by atoms with Crippen molar-refractivity contribution in [2.45, 2.75) is 6.92 Å². The summed E-state index contributed by atoms with van der Waals surface area (Å²) in [5.74, 6) is -0.0930. The molecule has 1 amide bonds. The molecule has 4 rings (SSSR count). The number of thiazole rings is 1. The van der Waals surface area contributed by atoms with Crippen molar-refractivity contribution >= 4 is 68.6 Å². The van der Waals surface area contributed by atoms with Gasteiger partial charge in [0.25, 0.3) is 5.91 Å². The van der Waals surface area contributed by atoms with Gasteiger partial charge in [0.2, 0.25) is 0 Å². The molecule has 0 saturated carbocycles. The van der Waals surface area contributed by atoms with Crippen LogP contribution in [0, 0.1) is 6.92 Å². The largest absolute Gasteiger partial charge is 0.270 e. The van der Waals surface area contributed by atoms with Gasteiger partial charge in [0, 0.05) is 5.38 Å². The van der Waals surface area contributed by atoms with Crippen molar-refractivity contribution in [3.63, 3.8) is 0 Å². The predicted molar refractivity (Wildman–Crippen MR) is 112 cm³/mol. The summed E-state index contributed by atoms with van der Waals surface area (Å²) in [4.78, 5) is 20.7. The van der Waals surface area contributed by atoms with Gasteiger partial charge in [0.15, 0.2) is 4.32 Å². The Labute approximate surface area is 163 Å². The van der Waals surface area contributed by atoms with E-state index in [1.807, 2.05) is 60.2 Å². The third-order valence-electron chi connectivity index (χ3n) is 3.62. The molecule has 2 aromatic heterocycles. The Kier molecular flexibility index (Phi) is 4.56. The summed E-state index contributed by atoms with van der Waals surface area (Å²) in [5.41, 5.74) is 2.74. The van der Waals surface area contributed by atoms with Crippen LogP contribution in [0.4, 0.5) is 5.69 Å². The Morgan fingerprint density at radius 2 is 1.96 bits per heavy atom. The molecule has 0 unspecified atom stereocenters. The fourth-order valence-electron chi connectivity index (χ4n) is 2.38. The molecule has 3 nitrogen and oxygen atoms in total. The normalized spacial score (nSPS) is 16.2. The predicted octanol–water partition coefficient (Wildman–Crippen LogP) is 5.59. The molecule has 0 spiro atoms. The van der Waals surface area contributed by atoms with E-state index in [9.17, 15) is 4.79 Å². The highest BCUT2D eigenvalue weighted by Gasteiger charge is 2.33. The SMILES string of the molecule is Cc1ccc(N2C(=O)/C(=C/c3csc(-c4cccs4)n3)SC2=S)cc1. The lowest BCUT2D eigenvalue weighted by atomic mass is 10.2. The number of thiocarbonyl (C=S) groups is 1. The molecule has 1 saturated heterocycles. The molecule has 1 fully saturated rings. The number of carbonyl (C=O) groups is 1. The lowest BCUT2D eigenvalue weighted by Crippen LogP contribution is -2.27. The van der Waals surface area contributed by atoms with Gasteiger partial charge >= 0.3 is 0 Å². The molecule has 25 heavy (non-hydrogen) atoms. The lowest BCUT2D eigenvalue weighted by molar-refractivity contribution is -0.113. The Hall–Kier alpha value is -1.80. The van der Waals surface area contributed by atoms with Gasteiger partial charge in [0.05, 0.1) is 21.2 Å².